The maximum atomic E-state index is 14.0. The second kappa shape index (κ2) is 5.85. The Bertz CT molecular complexity index is 770. The number of rotatable bonds is 3. The van der Waals surface area contributed by atoms with E-state index in [0.717, 1.165) is 0 Å². The molecule has 0 bridgehead atoms. The molecular formula is C17H13FO3S. The quantitative estimate of drug-likeness (QED) is 0.834. The van der Waals surface area contributed by atoms with Crippen molar-refractivity contribution >= 4 is 17.5 Å². The fraction of sp³-hybridized carbons (Fsp3) is 0.118. The molecule has 1 aliphatic rings. The Labute approximate surface area is 131 Å². The smallest absolute Gasteiger partial charge is 0.199 e. The van der Waals surface area contributed by atoms with E-state index in [4.69, 9.17) is 0 Å². The van der Waals surface area contributed by atoms with E-state index < -0.39 is 5.82 Å². The first-order valence-electron chi connectivity index (χ1n) is 6.74. The molecule has 1 heterocycles. The van der Waals surface area contributed by atoms with Gasteiger partial charge in [0.1, 0.15) is 5.75 Å². The number of hydrogen-bond donors (Lipinski definition) is 2. The summed E-state index contributed by atoms with van der Waals surface area (Å²) in [6.45, 7) is 0. The van der Waals surface area contributed by atoms with Crippen molar-refractivity contribution in [3.63, 3.8) is 0 Å². The van der Waals surface area contributed by atoms with Gasteiger partial charge >= 0.3 is 0 Å². The third kappa shape index (κ3) is 2.72. The van der Waals surface area contributed by atoms with Gasteiger partial charge in [0.25, 0.3) is 0 Å². The predicted octanol–water partition coefficient (Wildman–Crippen LogP) is 4.18. The van der Waals surface area contributed by atoms with Crippen molar-refractivity contribution in [2.24, 2.45) is 0 Å². The van der Waals surface area contributed by atoms with Gasteiger partial charge in [0.15, 0.2) is 17.3 Å². The van der Waals surface area contributed by atoms with Crippen LogP contribution in [0, 0.1) is 5.82 Å². The number of phenolic OH excluding ortho intramolecular Hbond substituents is 2. The molecule has 22 heavy (non-hydrogen) atoms. The number of carbonyl (C=O) groups excluding carboxylic acids is 1. The number of allylic oxidation sites excluding steroid dienone is 2. The molecule has 1 unspecified atom stereocenters. The zero-order chi connectivity index (χ0) is 15.7. The second-order valence-corrected chi connectivity index (χ2v) is 6.21. The van der Waals surface area contributed by atoms with Crippen LogP contribution in [0.2, 0.25) is 0 Å². The van der Waals surface area contributed by atoms with Gasteiger partial charge < -0.3 is 10.2 Å². The van der Waals surface area contributed by atoms with Gasteiger partial charge in [-0.05, 0) is 24.6 Å². The summed E-state index contributed by atoms with van der Waals surface area (Å²) in [5, 5.41) is 18.7. The van der Waals surface area contributed by atoms with Crippen LogP contribution in [0.15, 0.2) is 53.4 Å². The summed E-state index contributed by atoms with van der Waals surface area (Å²) in [5.74, 6) is -1.18. The number of Topliss-reactive ketones (excluding diaryl/α,β-unsaturated/α-hetero) is 1. The van der Waals surface area contributed by atoms with Gasteiger partial charge in [0.05, 0.1) is 4.91 Å². The molecule has 0 aromatic heterocycles. The average molecular weight is 316 g/mol. The normalized spacial score (nSPS) is 17.3. The van der Waals surface area contributed by atoms with E-state index in [2.05, 4.69) is 0 Å². The topological polar surface area (TPSA) is 57.5 Å². The van der Waals surface area contributed by atoms with E-state index in [-0.39, 0.29) is 22.5 Å². The predicted molar refractivity (Wildman–Crippen MR) is 83.5 cm³/mol. The molecule has 1 atom stereocenters. The maximum Gasteiger partial charge on any atom is 0.199 e. The first-order chi connectivity index (χ1) is 10.6. The van der Waals surface area contributed by atoms with E-state index in [9.17, 15) is 19.4 Å². The number of thioether (sulfide) groups is 1. The van der Waals surface area contributed by atoms with Crippen LogP contribution in [-0.2, 0) is 0 Å². The van der Waals surface area contributed by atoms with Crippen LogP contribution in [0.4, 0.5) is 4.39 Å². The Balaban J connectivity index is 1.80. The molecule has 2 N–H and O–H groups in total. The molecule has 0 radical (unpaired) electrons. The van der Waals surface area contributed by atoms with Crippen LogP contribution in [0.5, 0.6) is 11.5 Å². The highest BCUT2D eigenvalue weighted by Gasteiger charge is 2.27. The lowest BCUT2D eigenvalue weighted by atomic mass is 10.1. The van der Waals surface area contributed by atoms with Crippen molar-refractivity contribution in [3.05, 3.63) is 70.4 Å². The lowest BCUT2D eigenvalue weighted by Gasteiger charge is -2.12. The van der Waals surface area contributed by atoms with Crippen LogP contribution in [0.25, 0.3) is 0 Å². The lowest BCUT2D eigenvalue weighted by molar-refractivity contribution is 0.104. The number of halogens is 1. The molecule has 1 aliphatic heterocycles. The Morgan fingerprint density at radius 1 is 1.18 bits per heavy atom. The average Bonchev–Trinajstić information content (AvgIpc) is 2.99. The number of aromatic hydroxyl groups is 2. The van der Waals surface area contributed by atoms with Crippen molar-refractivity contribution in [2.45, 2.75) is 11.7 Å². The summed E-state index contributed by atoms with van der Waals surface area (Å²) in [4.78, 5) is 12.9. The first-order valence-corrected chi connectivity index (χ1v) is 7.62. The van der Waals surface area contributed by atoms with Gasteiger partial charge in [0, 0.05) is 16.4 Å². The summed E-state index contributed by atoms with van der Waals surface area (Å²) >= 11 is 1.27. The Morgan fingerprint density at radius 2 is 1.95 bits per heavy atom. The lowest BCUT2D eigenvalue weighted by Crippen LogP contribution is -2.00. The minimum atomic E-state index is -0.639. The minimum absolute atomic E-state index is 0.0324. The number of hydrogen-bond acceptors (Lipinski definition) is 4. The second-order valence-electron chi connectivity index (χ2n) is 4.97. The third-order valence-electron chi connectivity index (χ3n) is 3.47. The molecule has 0 amide bonds. The van der Waals surface area contributed by atoms with E-state index in [1.54, 1.807) is 30.3 Å². The summed E-state index contributed by atoms with van der Waals surface area (Å²) in [7, 11) is 0. The summed E-state index contributed by atoms with van der Waals surface area (Å²) < 4.78 is 14.0. The highest BCUT2D eigenvalue weighted by atomic mass is 32.2. The Kier molecular flexibility index (Phi) is 3.90. The highest BCUT2D eigenvalue weighted by Crippen LogP contribution is 2.46. The van der Waals surface area contributed by atoms with E-state index in [1.165, 1.54) is 30.0 Å². The van der Waals surface area contributed by atoms with Crippen molar-refractivity contribution in [3.8, 4) is 11.5 Å². The molecule has 0 saturated carbocycles. The molecule has 0 saturated heterocycles. The summed E-state index contributed by atoms with van der Waals surface area (Å²) in [6, 6.07) is 10.6. The molecule has 112 valence electrons. The maximum absolute atomic E-state index is 14.0. The van der Waals surface area contributed by atoms with Gasteiger partial charge in [-0.15, -0.1) is 11.8 Å². The molecule has 3 rings (SSSR count). The molecule has 2 aromatic rings. The number of carbonyl (C=O) groups is 1. The monoisotopic (exact) mass is 316 g/mol. The Hall–Kier alpha value is -2.27. The molecule has 0 spiro atoms. The summed E-state index contributed by atoms with van der Waals surface area (Å²) in [6.07, 6.45) is 2.29. The van der Waals surface area contributed by atoms with Crippen LogP contribution >= 0.6 is 11.8 Å². The number of ketones is 1. The van der Waals surface area contributed by atoms with Gasteiger partial charge in [-0.3, -0.25) is 4.79 Å². The Morgan fingerprint density at radius 3 is 2.73 bits per heavy atom. The van der Waals surface area contributed by atoms with Gasteiger partial charge in [-0.25, -0.2) is 4.39 Å². The first kappa shape index (κ1) is 14.7. The molecule has 5 heteroatoms. The minimum Gasteiger partial charge on any atom is -0.508 e. The van der Waals surface area contributed by atoms with Crippen LogP contribution < -0.4 is 0 Å². The van der Waals surface area contributed by atoms with E-state index >= 15 is 0 Å². The van der Waals surface area contributed by atoms with Gasteiger partial charge in [-0.2, -0.15) is 0 Å². The molecule has 2 aromatic carbocycles. The molecular weight excluding hydrogens is 303 g/mol. The van der Waals surface area contributed by atoms with E-state index in [1.807, 2.05) is 0 Å². The standard InChI is InChI=1S/C17H13FO3S/c18-16-12(5-2-6-13(16)20)14-7-8-15(22-14)17(21)10-3-1-4-11(19)9-10/h1-6,8-9,14,19-20H,7H2. The zero-order valence-electron chi connectivity index (χ0n) is 11.5. The third-order valence-corrected chi connectivity index (χ3v) is 4.81. The van der Waals surface area contributed by atoms with E-state index in [0.29, 0.717) is 22.5 Å². The van der Waals surface area contributed by atoms with Crippen molar-refractivity contribution in [2.75, 3.05) is 0 Å². The van der Waals surface area contributed by atoms with Crippen molar-refractivity contribution in [1.82, 2.24) is 0 Å². The largest absolute Gasteiger partial charge is 0.508 e. The van der Waals surface area contributed by atoms with Gasteiger partial charge in [0.2, 0.25) is 0 Å². The molecule has 0 fully saturated rings. The number of phenols is 2. The molecule has 3 nitrogen and oxygen atoms in total. The fourth-order valence-electron chi connectivity index (χ4n) is 2.38. The van der Waals surface area contributed by atoms with Gasteiger partial charge in [-0.1, -0.05) is 30.3 Å². The van der Waals surface area contributed by atoms with Crippen LogP contribution in [0.3, 0.4) is 0 Å². The van der Waals surface area contributed by atoms with Crippen molar-refractivity contribution < 1.29 is 19.4 Å². The van der Waals surface area contributed by atoms with Crippen molar-refractivity contribution in [1.29, 1.82) is 0 Å². The van der Waals surface area contributed by atoms with Crippen LogP contribution in [-0.4, -0.2) is 16.0 Å². The zero-order valence-corrected chi connectivity index (χ0v) is 12.3. The SMILES string of the molecule is O=C(C1=CCC(c2cccc(O)c2F)S1)c1cccc(O)c1. The van der Waals surface area contributed by atoms with Crippen LogP contribution in [0.1, 0.15) is 27.6 Å². The fourth-order valence-corrected chi connectivity index (χ4v) is 3.60. The summed E-state index contributed by atoms with van der Waals surface area (Å²) in [5.41, 5.74) is 0.788. The highest BCUT2D eigenvalue weighted by molar-refractivity contribution is 8.04. The number of benzene rings is 2. The molecule has 0 aliphatic carbocycles.